The van der Waals surface area contributed by atoms with Crippen molar-refractivity contribution < 1.29 is 9.93 Å². The van der Waals surface area contributed by atoms with Crippen molar-refractivity contribution in [1.82, 2.24) is 0 Å². The molecule has 60 valence electrons. The Morgan fingerprint density at radius 2 is 2.27 bits per heavy atom. The molecule has 0 aromatic heterocycles. The normalized spacial score (nSPS) is 13.0. The van der Waals surface area contributed by atoms with Crippen LogP contribution >= 0.6 is 24.1 Å². The smallest absolute Gasteiger partial charge is 0.0986 e. The summed E-state index contributed by atoms with van der Waals surface area (Å²) >= 11 is 3.33. The van der Waals surface area contributed by atoms with Gasteiger partial charge in [0.25, 0.3) is 0 Å². The van der Waals surface area contributed by atoms with Crippen LogP contribution in [-0.2, 0) is 4.67 Å². The van der Waals surface area contributed by atoms with Crippen LogP contribution in [-0.4, -0.2) is 11.9 Å². The topological polar surface area (TPSA) is 29.5 Å². The molecular weight excluding hydrogens is 227 g/mol. The predicted octanol–water partition coefficient (Wildman–Crippen LogP) is 2.59. The predicted molar refractivity (Wildman–Crippen MR) is 50.3 cm³/mol. The minimum atomic E-state index is -0.864. The Labute approximate surface area is 75.1 Å². The highest BCUT2D eigenvalue weighted by molar-refractivity contribution is 9.10. The minimum absolute atomic E-state index is 0.864. The van der Waals surface area contributed by atoms with Crippen LogP contribution in [0.5, 0.6) is 0 Å². The Kier molecular flexibility index (Phi) is 3.46. The van der Waals surface area contributed by atoms with E-state index in [1.807, 2.05) is 30.9 Å². The number of halogens is 1. The molecule has 0 saturated heterocycles. The van der Waals surface area contributed by atoms with E-state index >= 15 is 0 Å². The molecule has 0 amide bonds. The number of benzene rings is 1. The van der Waals surface area contributed by atoms with E-state index < -0.39 is 8.15 Å². The second-order valence-electron chi connectivity index (χ2n) is 2.06. The molecule has 0 saturated carbocycles. The molecule has 4 heteroatoms. The zero-order valence-corrected chi connectivity index (χ0v) is 8.47. The van der Waals surface area contributed by atoms with E-state index in [1.165, 1.54) is 0 Å². The van der Waals surface area contributed by atoms with Gasteiger partial charge in [0, 0.05) is 9.78 Å². The van der Waals surface area contributed by atoms with E-state index in [0.29, 0.717) is 0 Å². The number of rotatable bonds is 2. The van der Waals surface area contributed by atoms with Crippen molar-refractivity contribution in [3.8, 4) is 0 Å². The molecule has 1 N–H and O–H groups in total. The Hall–Kier alpha value is 0.0500. The van der Waals surface area contributed by atoms with Crippen molar-refractivity contribution in [2.24, 2.45) is 0 Å². The Bertz CT molecular complexity index is 242. The van der Waals surface area contributed by atoms with Crippen LogP contribution < -0.4 is 5.30 Å². The zero-order chi connectivity index (χ0) is 8.27. The molecule has 1 rings (SSSR count). The first-order chi connectivity index (χ1) is 5.24. The fourth-order valence-corrected chi connectivity index (χ4v) is 2.01. The van der Waals surface area contributed by atoms with Gasteiger partial charge in [0.2, 0.25) is 0 Å². The monoisotopic (exact) mass is 234 g/mol. The fourth-order valence-electron chi connectivity index (χ4n) is 0.719. The molecule has 0 aliphatic rings. The van der Waals surface area contributed by atoms with Crippen LogP contribution in [0.1, 0.15) is 0 Å². The molecule has 2 nitrogen and oxygen atoms in total. The summed E-state index contributed by atoms with van der Waals surface area (Å²) in [7, 11) is -0.864. The van der Waals surface area contributed by atoms with Gasteiger partial charge in [-0.15, -0.1) is 0 Å². The van der Waals surface area contributed by atoms with Gasteiger partial charge in [-0.3, -0.25) is 0 Å². The maximum atomic E-state index is 8.39. The van der Waals surface area contributed by atoms with E-state index in [9.17, 15) is 0 Å². The standard InChI is InChI=1S/C7H8BrO2P/c1-11(10-9)7-4-2-3-6(8)5-7/h2-5,9H,1H3. The largest absolute Gasteiger partial charge is 0.248 e. The second-order valence-corrected chi connectivity index (χ2v) is 4.65. The zero-order valence-electron chi connectivity index (χ0n) is 5.99. The van der Waals surface area contributed by atoms with Crippen LogP contribution in [0.3, 0.4) is 0 Å². The lowest BCUT2D eigenvalue weighted by Crippen LogP contribution is -1.99. The van der Waals surface area contributed by atoms with Crippen LogP contribution in [0.2, 0.25) is 0 Å². The van der Waals surface area contributed by atoms with Gasteiger partial charge in [-0.2, -0.15) is 0 Å². The van der Waals surface area contributed by atoms with Gasteiger partial charge in [-0.25, -0.2) is 9.93 Å². The minimum Gasteiger partial charge on any atom is -0.248 e. The van der Waals surface area contributed by atoms with Crippen molar-refractivity contribution >= 4 is 29.4 Å². The maximum Gasteiger partial charge on any atom is 0.0986 e. The number of hydrogen-bond donors (Lipinski definition) is 1. The highest BCUT2D eigenvalue weighted by atomic mass is 79.9. The van der Waals surface area contributed by atoms with Gasteiger partial charge in [0.05, 0.1) is 8.15 Å². The van der Waals surface area contributed by atoms with E-state index in [1.54, 1.807) is 0 Å². The van der Waals surface area contributed by atoms with E-state index in [2.05, 4.69) is 20.6 Å². The second kappa shape index (κ2) is 4.17. The quantitative estimate of drug-likeness (QED) is 0.485. The molecule has 1 atom stereocenters. The summed E-state index contributed by atoms with van der Waals surface area (Å²) < 4.78 is 5.24. The van der Waals surface area contributed by atoms with Gasteiger partial charge in [-0.1, -0.05) is 28.1 Å². The third-order valence-electron chi connectivity index (χ3n) is 1.29. The van der Waals surface area contributed by atoms with Crippen molar-refractivity contribution in [3.63, 3.8) is 0 Å². The van der Waals surface area contributed by atoms with E-state index in [0.717, 1.165) is 9.78 Å². The summed E-state index contributed by atoms with van der Waals surface area (Å²) in [5.74, 6) is 0. The summed E-state index contributed by atoms with van der Waals surface area (Å²) in [5, 5.41) is 9.40. The van der Waals surface area contributed by atoms with Gasteiger partial charge in [-0.05, 0) is 18.8 Å². The van der Waals surface area contributed by atoms with Crippen molar-refractivity contribution in [2.45, 2.75) is 0 Å². The Morgan fingerprint density at radius 1 is 1.55 bits per heavy atom. The third kappa shape index (κ3) is 2.53. The molecule has 0 fully saturated rings. The summed E-state index contributed by atoms with van der Waals surface area (Å²) in [5.41, 5.74) is 0. The molecule has 0 aliphatic heterocycles. The van der Waals surface area contributed by atoms with Crippen molar-refractivity contribution in [3.05, 3.63) is 28.7 Å². The Morgan fingerprint density at radius 3 is 2.82 bits per heavy atom. The Balaban J connectivity index is 2.86. The van der Waals surface area contributed by atoms with Gasteiger partial charge in [0.15, 0.2) is 0 Å². The van der Waals surface area contributed by atoms with Crippen LogP contribution in [0, 0.1) is 0 Å². The molecule has 1 unspecified atom stereocenters. The third-order valence-corrected chi connectivity index (χ3v) is 3.04. The average Bonchev–Trinajstić information content (AvgIpc) is 2.03. The van der Waals surface area contributed by atoms with Crippen LogP contribution in [0.25, 0.3) is 0 Å². The first-order valence-corrected chi connectivity index (χ1v) is 5.55. The molecule has 11 heavy (non-hydrogen) atoms. The molecule has 0 radical (unpaired) electrons. The lowest BCUT2D eigenvalue weighted by atomic mass is 10.4. The van der Waals surface area contributed by atoms with Crippen LogP contribution in [0.15, 0.2) is 28.7 Å². The van der Waals surface area contributed by atoms with Gasteiger partial charge in [0.1, 0.15) is 0 Å². The maximum absolute atomic E-state index is 8.39. The summed E-state index contributed by atoms with van der Waals surface area (Å²) in [4.78, 5) is 0. The van der Waals surface area contributed by atoms with E-state index in [4.69, 9.17) is 5.26 Å². The van der Waals surface area contributed by atoms with Crippen LogP contribution in [0.4, 0.5) is 0 Å². The summed E-state index contributed by atoms with van der Waals surface area (Å²) in [6, 6.07) is 7.70. The highest BCUT2D eigenvalue weighted by Crippen LogP contribution is 2.29. The van der Waals surface area contributed by atoms with Gasteiger partial charge < -0.3 is 0 Å². The fraction of sp³-hybridized carbons (Fsp3) is 0.143. The van der Waals surface area contributed by atoms with Crippen molar-refractivity contribution in [1.29, 1.82) is 0 Å². The first-order valence-electron chi connectivity index (χ1n) is 3.05. The average molecular weight is 235 g/mol. The summed E-state index contributed by atoms with van der Waals surface area (Å²) in [6.45, 7) is 1.84. The van der Waals surface area contributed by atoms with Crippen molar-refractivity contribution in [2.75, 3.05) is 6.66 Å². The number of hydrogen-bond acceptors (Lipinski definition) is 2. The SMILES string of the molecule is CP(OO)c1cccc(Br)c1. The summed E-state index contributed by atoms with van der Waals surface area (Å²) in [6.07, 6.45) is 0. The lowest BCUT2D eigenvalue weighted by molar-refractivity contribution is -0.125. The molecule has 1 aromatic carbocycles. The first kappa shape index (κ1) is 9.14. The lowest BCUT2D eigenvalue weighted by Gasteiger charge is -2.06. The molecule has 0 bridgehead atoms. The van der Waals surface area contributed by atoms with Gasteiger partial charge >= 0.3 is 0 Å². The molecule has 1 aromatic rings. The molecule has 0 heterocycles. The van der Waals surface area contributed by atoms with E-state index in [-0.39, 0.29) is 0 Å². The molecule has 0 spiro atoms. The molecule has 0 aliphatic carbocycles. The highest BCUT2D eigenvalue weighted by Gasteiger charge is 2.04. The molecular formula is C7H8BrO2P.